The summed E-state index contributed by atoms with van der Waals surface area (Å²) >= 11 is 0. The number of carbonyl (C=O) groups is 2. The molecule has 0 aromatic heterocycles. The summed E-state index contributed by atoms with van der Waals surface area (Å²) < 4.78 is 19.7. The minimum Gasteiger partial charge on any atom is -0.484 e. The van der Waals surface area contributed by atoms with Crippen LogP contribution in [0.4, 0.5) is 4.39 Å². The van der Waals surface area contributed by atoms with Crippen LogP contribution in [0.25, 0.3) is 0 Å². The molecule has 2 aromatic carbocycles. The first-order chi connectivity index (χ1) is 14.4. The summed E-state index contributed by atoms with van der Waals surface area (Å²) in [6, 6.07) is 11.9. The summed E-state index contributed by atoms with van der Waals surface area (Å²) in [5.74, 6) is 0.278. The molecule has 1 heterocycles. The highest BCUT2D eigenvalue weighted by Crippen LogP contribution is 2.41. The molecule has 158 valence electrons. The van der Waals surface area contributed by atoms with Crippen molar-refractivity contribution in [1.29, 1.82) is 0 Å². The van der Waals surface area contributed by atoms with Gasteiger partial charge < -0.3 is 15.0 Å². The number of amides is 2. The lowest BCUT2D eigenvalue weighted by atomic mass is 9.87. The molecule has 1 aliphatic heterocycles. The molecule has 0 radical (unpaired) electrons. The van der Waals surface area contributed by atoms with Gasteiger partial charge in [-0.3, -0.25) is 9.59 Å². The lowest BCUT2D eigenvalue weighted by Gasteiger charge is -2.38. The third-order valence-electron chi connectivity index (χ3n) is 5.54. The number of hydrogen-bond donors (Lipinski definition) is 1. The van der Waals surface area contributed by atoms with E-state index in [0.29, 0.717) is 12.3 Å². The molecule has 2 amide bonds. The number of fused-ring (bicyclic) bond motifs is 1. The fourth-order valence-corrected chi connectivity index (χ4v) is 4.03. The fourth-order valence-electron chi connectivity index (χ4n) is 4.03. The molecule has 2 aromatic rings. The molecule has 6 heteroatoms. The lowest BCUT2D eigenvalue weighted by molar-refractivity contribution is -0.134. The first-order valence-corrected chi connectivity index (χ1v) is 10.5. The smallest absolute Gasteiger partial charge is 0.258 e. The first-order valence-electron chi connectivity index (χ1n) is 10.5. The molecule has 0 bridgehead atoms. The maximum absolute atomic E-state index is 14.0. The van der Waals surface area contributed by atoms with Crippen molar-refractivity contribution >= 4 is 11.8 Å². The van der Waals surface area contributed by atoms with E-state index in [-0.39, 0.29) is 42.2 Å². The molecule has 5 nitrogen and oxygen atoms in total. The maximum atomic E-state index is 14.0. The molecule has 0 saturated heterocycles. The Morgan fingerprint density at radius 3 is 2.70 bits per heavy atom. The van der Waals surface area contributed by atoms with E-state index in [2.05, 4.69) is 5.32 Å². The van der Waals surface area contributed by atoms with E-state index >= 15 is 0 Å². The highest BCUT2D eigenvalue weighted by atomic mass is 19.1. The van der Waals surface area contributed by atoms with Gasteiger partial charge in [-0.15, -0.1) is 0 Å². The third kappa shape index (κ3) is 4.48. The fraction of sp³-hybridized carbons (Fsp3) is 0.417. The quantitative estimate of drug-likeness (QED) is 0.792. The molecule has 30 heavy (non-hydrogen) atoms. The molecule has 1 atom stereocenters. The van der Waals surface area contributed by atoms with Gasteiger partial charge in [0, 0.05) is 18.5 Å². The SMILES string of the molecule is CC(C)NC(=O)COc1ccc2c(c1)C(c1cccc(F)c1)N(C(=O)C1CC1)CC2. The van der Waals surface area contributed by atoms with Gasteiger partial charge in [0.15, 0.2) is 6.61 Å². The van der Waals surface area contributed by atoms with Crippen LogP contribution in [0.15, 0.2) is 42.5 Å². The molecule has 1 N–H and O–H groups in total. The lowest BCUT2D eigenvalue weighted by Crippen LogP contribution is -2.41. The average Bonchev–Trinajstić information content (AvgIpc) is 3.55. The molecule has 1 fully saturated rings. The van der Waals surface area contributed by atoms with E-state index in [1.54, 1.807) is 6.07 Å². The number of hydrogen-bond acceptors (Lipinski definition) is 3. The Labute approximate surface area is 176 Å². The van der Waals surface area contributed by atoms with Crippen molar-refractivity contribution in [3.05, 3.63) is 65.0 Å². The summed E-state index contributed by atoms with van der Waals surface area (Å²) in [4.78, 5) is 26.8. The highest BCUT2D eigenvalue weighted by Gasteiger charge is 2.39. The van der Waals surface area contributed by atoms with Crippen LogP contribution in [0.2, 0.25) is 0 Å². The Morgan fingerprint density at radius 2 is 2.00 bits per heavy atom. The van der Waals surface area contributed by atoms with Crippen molar-refractivity contribution < 1.29 is 18.7 Å². The van der Waals surface area contributed by atoms with Gasteiger partial charge in [-0.2, -0.15) is 0 Å². The third-order valence-corrected chi connectivity index (χ3v) is 5.54. The molecule has 0 spiro atoms. The normalized spacial score (nSPS) is 18.1. The molecule has 1 unspecified atom stereocenters. The van der Waals surface area contributed by atoms with Gasteiger partial charge in [-0.25, -0.2) is 4.39 Å². The molecule has 1 aliphatic carbocycles. The van der Waals surface area contributed by atoms with Gasteiger partial charge in [-0.05, 0) is 74.1 Å². The van der Waals surface area contributed by atoms with Crippen molar-refractivity contribution in [3.63, 3.8) is 0 Å². The summed E-state index contributed by atoms with van der Waals surface area (Å²) in [6.45, 7) is 4.32. The topological polar surface area (TPSA) is 58.6 Å². The zero-order valence-corrected chi connectivity index (χ0v) is 17.4. The van der Waals surface area contributed by atoms with Crippen LogP contribution < -0.4 is 10.1 Å². The van der Waals surface area contributed by atoms with Crippen LogP contribution in [0.1, 0.15) is 49.4 Å². The Morgan fingerprint density at radius 1 is 1.20 bits per heavy atom. The number of nitrogens with one attached hydrogen (secondary N) is 1. The Balaban J connectivity index is 1.65. The number of halogens is 1. The van der Waals surface area contributed by atoms with Crippen LogP contribution in [-0.2, 0) is 16.0 Å². The zero-order valence-electron chi connectivity index (χ0n) is 17.4. The van der Waals surface area contributed by atoms with Gasteiger partial charge in [0.05, 0.1) is 6.04 Å². The molecule has 2 aliphatic rings. The van der Waals surface area contributed by atoms with Gasteiger partial charge >= 0.3 is 0 Å². The highest BCUT2D eigenvalue weighted by molar-refractivity contribution is 5.82. The Kier molecular flexibility index (Phi) is 5.75. The van der Waals surface area contributed by atoms with Crippen LogP contribution in [0.5, 0.6) is 5.75 Å². The minimum atomic E-state index is -0.356. The summed E-state index contributed by atoms with van der Waals surface area (Å²) in [5, 5.41) is 2.80. The first kappa shape index (κ1) is 20.4. The van der Waals surface area contributed by atoms with Crippen molar-refractivity contribution in [2.24, 2.45) is 5.92 Å². The number of nitrogens with zero attached hydrogens (tertiary/aromatic N) is 1. The van der Waals surface area contributed by atoms with E-state index in [4.69, 9.17) is 4.74 Å². The summed E-state index contributed by atoms with van der Waals surface area (Å²) in [6.07, 6.45) is 2.59. The van der Waals surface area contributed by atoms with Gasteiger partial charge in [0.25, 0.3) is 5.91 Å². The predicted octanol–water partition coefficient (Wildman–Crippen LogP) is 3.61. The average molecular weight is 410 g/mol. The second kappa shape index (κ2) is 8.46. The van der Waals surface area contributed by atoms with Crippen molar-refractivity contribution in [2.45, 2.75) is 45.2 Å². The predicted molar refractivity (Wildman–Crippen MR) is 112 cm³/mol. The van der Waals surface area contributed by atoms with Crippen molar-refractivity contribution in [2.75, 3.05) is 13.2 Å². The summed E-state index contributed by atoms with van der Waals surface area (Å²) in [5.41, 5.74) is 2.80. The van der Waals surface area contributed by atoms with Gasteiger partial charge in [0.2, 0.25) is 5.91 Å². The van der Waals surface area contributed by atoms with E-state index in [0.717, 1.165) is 36.0 Å². The van der Waals surface area contributed by atoms with Crippen molar-refractivity contribution in [3.8, 4) is 5.75 Å². The Hall–Kier alpha value is -2.89. The van der Waals surface area contributed by atoms with Crippen LogP contribution in [-0.4, -0.2) is 35.9 Å². The zero-order chi connectivity index (χ0) is 21.3. The van der Waals surface area contributed by atoms with Crippen molar-refractivity contribution in [1.82, 2.24) is 10.2 Å². The van der Waals surface area contributed by atoms with Gasteiger partial charge in [-0.1, -0.05) is 18.2 Å². The molecule has 1 saturated carbocycles. The van der Waals surface area contributed by atoms with Crippen LogP contribution in [0.3, 0.4) is 0 Å². The molecular formula is C24H27FN2O3. The minimum absolute atomic E-state index is 0.0454. The van der Waals surface area contributed by atoms with E-state index in [1.807, 2.05) is 43.0 Å². The number of rotatable bonds is 6. The number of benzene rings is 2. The van der Waals surface area contributed by atoms with Crippen LogP contribution in [0, 0.1) is 11.7 Å². The second-order valence-electron chi connectivity index (χ2n) is 8.38. The van der Waals surface area contributed by atoms with Gasteiger partial charge in [0.1, 0.15) is 11.6 Å². The second-order valence-corrected chi connectivity index (χ2v) is 8.38. The Bertz CT molecular complexity index is 955. The number of carbonyl (C=O) groups excluding carboxylic acids is 2. The monoisotopic (exact) mass is 410 g/mol. The number of ether oxygens (including phenoxy) is 1. The van der Waals surface area contributed by atoms with E-state index in [1.165, 1.54) is 12.1 Å². The standard InChI is InChI=1S/C24H27FN2O3/c1-15(2)26-22(28)14-30-20-9-8-16-10-11-27(24(29)17-6-7-17)23(21(16)13-20)18-4-3-5-19(25)12-18/h3-5,8-9,12-13,15,17,23H,6-7,10-11,14H2,1-2H3,(H,26,28). The van der Waals surface area contributed by atoms with E-state index < -0.39 is 0 Å². The van der Waals surface area contributed by atoms with E-state index in [9.17, 15) is 14.0 Å². The largest absolute Gasteiger partial charge is 0.484 e. The maximum Gasteiger partial charge on any atom is 0.258 e. The summed E-state index contributed by atoms with van der Waals surface area (Å²) in [7, 11) is 0. The van der Waals surface area contributed by atoms with Crippen LogP contribution >= 0.6 is 0 Å². The molecule has 4 rings (SSSR count). The molecular weight excluding hydrogens is 383 g/mol.